The van der Waals surface area contributed by atoms with Crippen molar-refractivity contribution in [2.45, 2.75) is 25.9 Å². The number of amides is 1. The predicted octanol–water partition coefficient (Wildman–Crippen LogP) is 2.15. The molecule has 0 saturated heterocycles. The molecule has 0 fully saturated rings. The van der Waals surface area contributed by atoms with Crippen LogP contribution in [0.3, 0.4) is 0 Å². The molecule has 1 aliphatic rings. The molecule has 1 unspecified atom stereocenters. The van der Waals surface area contributed by atoms with Gasteiger partial charge < -0.3 is 9.64 Å². The molecule has 1 aliphatic heterocycles. The Kier molecular flexibility index (Phi) is 4.88. The maximum absolute atomic E-state index is 12.5. The molecule has 7 heteroatoms. The summed E-state index contributed by atoms with van der Waals surface area (Å²) >= 11 is 1.61. The molecule has 0 radical (unpaired) electrons. The van der Waals surface area contributed by atoms with Gasteiger partial charge in [-0.25, -0.2) is 4.68 Å². The summed E-state index contributed by atoms with van der Waals surface area (Å²) in [7, 11) is 1.68. The number of methoxy groups -OCH3 is 1. The Balaban J connectivity index is 1.78. The zero-order valence-electron chi connectivity index (χ0n) is 13.3. The van der Waals surface area contributed by atoms with Crippen molar-refractivity contribution in [3.63, 3.8) is 0 Å². The van der Waals surface area contributed by atoms with Crippen molar-refractivity contribution in [2.75, 3.05) is 20.3 Å². The third-order valence-corrected chi connectivity index (χ3v) is 4.77. The van der Waals surface area contributed by atoms with Crippen molar-refractivity contribution >= 4 is 23.3 Å². The lowest BCUT2D eigenvalue weighted by atomic mass is 9.98. The lowest BCUT2D eigenvalue weighted by molar-refractivity contribution is -0.127. The fraction of sp³-hybridized carbons (Fsp3) is 0.438. The largest absolute Gasteiger partial charge is 0.384 e. The second-order valence-corrected chi connectivity index (χ2v) is 6.44. The standard InChI is InChI=1S/C16H20N4O2S/c1-3-20-16-12(11-22-2)9-19(10-14(16)17-18-20)15(21)7-6-13-5-4-8-23-13/h4-8,12H,3,9-11H2,1-2H3/b7-6+. The summed E-state index contributed by atoms with van der Waals surface area (Å²) in [6.45, 7) is 4.50. The number of carbonyl (C=O) groups is 1. The van der Waals surface area contributed by atoms with Crippen LogP contribution in [-0.2, 0) is 22.6 Å². The van der Waals surface area contributed by atoms with E-state index in [0.717, 1.165) is 22.8 Å². The smallest absolute Gasteiger partial charge is 0.246 e. The van der Waals surface area contributed by atoms with Crippen molar-refractivity contribution < 1.29 is 9.53 Å². The third kappa shape index (κ3) is 3.35. The molecular weight excluding hydrogens is 312 g/mol. The number of rotatable bonds is 5. The van der Waals surface area contributed by atoms with E-state index in [2.05, 4.69) is 10.3 Å². The maximum Gasteiger partial charge on any atom is 0.246 e. The normalized spacial score (nSPS) is 17.7. The quantitative estimate of drug-likeness (QED) is 0.787. The number of thiophene rings is 1. The van der Waals surface area contributed by atoms with Gasteiger partial charge in [0.05, 0.1) is 18.8 Å². The Morgan fingerprint density at radius 3 is 3.13 bits per heavy atom. The average Bonchev–Trinajstić information content (AvgIpc) is 3.22. The number of nitrogens with zero attached hydrogens (tertiary/aromatic N) is 4. The maximum atomic E-state index is 12.5. The van der Waals surface area contributed by atoms with E-state index in [9.17, 15) is 4.79 Å². The first-order chi connectivity index (χ1) is 11.2. The topological polar surface area (TPSA) is 60.2 Å². The van der Waals surface area contributed by atoms with E-state index in [4.69, 9.17) is 4.74 Å². The highest BCUT2D eigenvalue weighted by Crippen LogP contribution is 2.27. The van der Waals surface area contributed by atoms with Gasteiger partial charge in [-0.2, -0.15) is 0 Å². The van der Waals surface area contributed by atoms with Crippen molar-refractivity contribution in [1.29, 1.82) is 0 Å². The molecule has 0 bridgehead atoms. The minimum Gasteiger partial charge on any atom is -0.384 e. The van der Waals surface area contributed by atoms with E-state index in [-0.39, 0.29) is 11.8 Å². The average molecular weight is 332 g/mol. The van der Waals surface area contributed by atoms with Gasteiger partial charge in [-0.1, -0.05) is 11.3 Å². The van der Waals surface area contributed by atoms with Gasteiger partial charge in [-0.05, 0) is 24.4 Å². The van der Waals surface area contributed by atoms with E-state index in [0.29, 0.717) is 19.7 Å². The summed E-state index contributed by atoms with van der Waals surface area (Å²) < 4.78 is 7.24. The van der Waals surface area contributed by atoms with E-state index >= 15 is 0 Å². The molecule has 0 aliphatic carbocycles. The molecule has 0 saturated carbocycles. The number of carbonyl (C=O) groups excluding carboxylic acids is 1. The Morgan fingerprint density at radius 1 is 1.57 bits per heavy atom. The Labute approximate surface area is 139 Å². The van der Waals surface area contributed by atoms with Crippen LogP contribution in [0.25, 0.3) is 6.08 Å². The second-order valence-electron chi connectivity index (χ2n) is 5.46. The lowest BCUT2D eigenvalue weighted by Crippen LogP contribution is -2.39. The fourth-order valence-corrected chi connectivity index (χ4v) is 3.51. The van der Waals surface area contributed by atoms with E-state index in [1.807, 2.05) is 40.1 Å². The first kappa shape index (κ1) is 15.9. The van der Waals surface area contributed by atoms with E-state index in [1.165, 1.54) is 0 Å². The highest BCUT2D eigenvalue weighted by molar-refractivity contribution is 7.10. The molecule has 3 rings (SSSR count). The number of ether oxygens (including phenoxy) is 1. The first-order valence-corrected chi connectivity index (χ1v) is 8.52. The Morgan fingerprint density at radius 2 is 2.43 bits per heavy atom. The van der Waals surface area contributed by atoms with Gasteiger partial charge in [0, 0.05) is 37.1 Å². The molecule has 2 aromatic heterocycles. The number of fused-ring (bicyclic) bond motifs is 1. The fourth-order valence-electron chi connectivity index (χ4n) is 2.89. The monoisotopic (exact) mass is 332 g/mol. The van der Waals surface area contributed by atoms with Crippen LogP contribution in [0.15, 0.2) is 23.6 Å². The molecule has 0 spiro atoms. The van der Waals surface area contributed by atoms with Crippen LogP contribution >= 0.6 is 11.3 Å². The van der Waals surface area contributed by atoms with Gasteiger partial charge in [0.15, 0.2) is 0 Å². The third-order valence-electron chi connectivity index (χ3n) is 3.93. The van der Waals surface area contributed by atoms with Gasteiger partial charge in [0.1, 0.15) is 5.69 Å². The SMILES string of the molecule is CCn1nnc2c1C(COC)CN(C(=O)/C=C/c1cccs1)C2. The van der Waals surface area contributed by atoms with Crippen LogP contribution in [0, 0.1) is 0 Å². The summed E-state index contributed by atoms with van der Waals surface area (Å²) in [5.41, 5.74) is 1.97. The number of aromatic nitrogens is 3. The summed E-state index contributed by atoms with van der Waals surface area (Å²) in [4.78, 5) is 15.4. The van der Waals surface area contributed by atoms with Gasteiger partial charge in [-0.3, -0.25) is 4.79 Å². The summed E-state index contributed by atoms with van der Waals surface area (Å²) in [5, 5.41) is 10.4. The number of hydrogen-bond donors (Lipinski definition) is 0. The molecule has 0 aromatic carbocycles. The van der Waals surface area contributed by atoms with Crippen LogP contribution in [-0.4, -0.2) is 46.1 Å². The zero-order valence-corrected chi connectivity index (χ0v) is 14.1. The summed E-state index contributed by atoms with van der Waals surface area (Å²) in [6, 6.07) is 3.96. The Bertz CT molecular complexity index is 693. The molecule has 1 amide bonds. The minimum absolute atomic E-state index is 0.00352. The van der Waals surface area contributed by atoms with Crippen LogP contribution in [0.2, 0.25) is 0 Å². The molecule has 0 N–H and O–H groups in total. The zero-order chi connectivity index (χ0) is 16.2. The van der Waals surface area contributed by atoms with Gasteiger partial charge in [0.25, 0.3) is 0 Å². The first-order valence-electron chi connectivity index (χ1n) is 7.64. The lowest BCUT2D eigenvalue weighted by Gasteiger charge is -2.31. The van der Waals surface area contributed by atoms with Crippen molar-refractivity contribution in [1.82, 2.24) is 19.9 Å². The van der Waals surface area contributed by atoms with Gasteiger partial charge in [0.2, 0.25) is 5.91 Å². The second kappa shape index (κ2) is 7.06. The van der Waals surface area contributed by atoms with Crippen LogP contribution < -0.4 is 0 Å². The highest BCUT2D eigenvalue weighted by Gasteiger charge is 2.31. The van der Waals surface area contributed by atoms with Crippen molar-refractivity contribution in [2.24, 2.45) is 0 Å². The summed E-state index contributed by atoms with van der Waals surface area (Å²) in [6.07, 6.45) is 3.49. The van der Waals surface area contributed by atoms with Crippen molar-refractivity contribution in [3.05, 3.63) is 39.9 Å². The molecule has 6 nitrogen and oxygen atoms in total. The van der Waals surface area contributed by atoms with Crippen LogP contribution in [0.5, 0.6) is 0 Å². The van der Waals surface area contributed by atoms with Crippen LogP contribution in [0.1, 0.15) is 29.1 Å². The molecule has 122 valence electrons. The summed E-state index contributed by atoms with van der Waals surface area (Å²) in [5.74, 6) is 0.106. The van der Waals surface area contributed by atoms with E-state index in [1.54, 1.807) is 24.5 Å². The molecule has 3 heterocycles. The predicted molar refractivity (Wildman–Crippen MR) is 89.1 cm³/mol. The molecule has 1 atom stereocenters. The van der Waals surface area contributed by atoms with Gasteiger partial charge in [-0.15, -0.1) is 16.4 Å². The molecular formula is C16H20N4O2S. The molecule has 23 heavy (non-hydrogen) atoms. The number of hydrogen-bond acceptors (Lipinski definition) is 5. The van der Waals surface area contributed by atoms with E-state index < -0.39 is 0 Å². The van der Waals surface area contributed by atoms with Crippen molar-refractivity contribution in [3.8, 4) is 0 Å². The highest BCUT2D eigenvalue weighted by atomic mass is 32.1. The molecule has 2 aromatic rings. The Hall–Kier alpha value is -1.99. The minimum atomic E-state index is -0.00352. The van der Waals surface area contributed by atoms with Gasteiger partial charge >= 0.3 is 0 Å². The number of aryl methyl sites for hydroxylation is 1. The van der Waals surface area contributed by atoms with Crippen LogP contribution in [0.4, 0.5) is 0 Å².